The maximum atomic E-state index is 13.1. The highest BCUT2D eigenvalue weighted by atomic mass is 16.5. The number of hydrogen-bond donors (Lipinski definition) is 2. The lowest BCUT2D eigenvalue weighted by atomic mass is 9.96. The molecule has 0 radical (unpaired) electrons. The van der Waals surface area contributed by atoms with Gasteiger partial charge in [-0.1, -0.05) is 41.6 Å². The molecule has 1 fully saturated rings. The van der Waals surface area contributed by atoms with Gasteiger partial charge in [0.05, 0.1) is 23.7 Å². The van der Waals surface area contributed by atoms with Crippen molar-refractivity contribution in [2.45, 2.75) is 46.2 Å². The molecule has 2 N–H and O–H groups in total. The van der Waals surface area contributed by atoms with Gasteiger partial charge in [0, 0.05) is 18.2 Å². The number of likely N-dealkylation sites (tertiary alicyclic amines) is 1. The molecule has 0 bridgehead atoms. The Kier molecular flexibility index (Phi) is 7.37. The van der Waals surface area contributed by atoms with Crippen molar-refractivity contribution in [3.8, 4) is 11.4 Å². The average molecular weight is 462 g/mol. The van der Waals surface area contributed by atoms with Crippen LogP contribution in [0.15, 0.2) is 53.1 Å². The third kappa shape index (κ3) is 5.69. The first kappa shape index (κ1) is 23.6. The Labute approximate surface area is 199 Å². The van der Waals surface area contributed by atoms with E-state index in [9.17, 15) is 9.59 Å². The third-order valence-electron chi connectivity index (χ3n) is 5.94. The molecule has 1 aliphatic rings. The predicted octanol–water partition coefficient (Wildman–Crippen LogP) is 4.03. The molecular formula is C26H31N5O3. The van der Waals surface area contributed by atoms with E-state index in [1.807, 2.05) is 51.1 Å². The second kappa shape index (κ2) is 10.6. The summed E-state index contributed by atoms with van der Waals surface area (Å²) < 4.78 is 5.49. The number of anilines is 1. The Hall–Kier alpha value is -3.52. The fraction of sp³-hybridized carbons (Fsp3) is 0.385. The first-order chi connectivity index (χ1) is 16.4. The minimum absolute atomic E-state index is 0.0131. The van der Waals surface area contributed by atoms with Crippen molar-refractivity contribution in [2.24, 2.45) is 5.92 Å². The molecule has 4 rings (SSSR count). The Morgan fingerprint density at radius 3 is 2.71 bits per heavy atom. The zero-order valence-electron chi connectivity index (χ0n) is 19.9. The van der Waals surface area contributed by atoms with Crippen LogP contribution < -0.4 is 10.6 Å². The second-order valence-corrected chi connectivity index (χ2v) is 9.06. The summed E-state index contributed by atoms with van der Waals surface area (Å²) in [4.78, 5) is 32.3. The van der Waals surface area contributed by atoms with Crippen LogP contribution in [-0.2, 0) is 11.3 Å². The molecule has 8 heteroatoms. The van der Waals surface area contributed by atoms with E-state index in [0.717, 1.165) is 30.5 Å². The Balaban J connectivity index is 1.39. The Bertz CT molecular complexity index is 1160. The van der Waals surface area contributed by atoms with Gasteiger partial charge in [-0.05, 0) is 57.9 Å². The van der Waals surface area contributed by atoms with Crippen LogP contribution in [0.1, 0.15) is 48.5 Å². The molecule has 34 heavy (non-hydrogen) atoms. The van der Waals surface area contributed by atoms with Crippen LogP contribution in [0.2, 0.25) is 0 Å². The summed E-state index contributed by atoms with van der Waals surface area (Å²) in [5.41, 5.74) is 3.04. The number of rotatable bonds is 7. The van der Waals surface area contributed by atoms with Gasteiger partial charge in [-0.3, -0.25) is 14.5 Å². The van der Waals surface area contributed by atoms with Gasteiger partial charge in [0.25, 0.3) is 5.91 Å². The van der Waals surface area contributed by atoms with Gasteiger partial charge in [-0.2, -0.15) is 4.98 Å². The third-order valence-corrected chi connectivity index (χ3v) is 5.94. The number of piperidine rings is 1. The molecule has 1 saturated heterocycles. The summed E-state index contributed by atoms with van der Waals surface area (Å²) >= 11 is 0. The lowest BCUT2D eigenvalue weighted by molar-refractivity contribution is -0.121. The van der Waals surface area contributed by atoms with E-state index in [1.165, 1.54) is 0 Å². The SMILES string of the molecule is Cc1ccccc1-c1noc(CN2CCCC(C(=O)Nc3ccccc3C(=O)NC(C)C)C2)n1. The van der Waals surface area contributed by atoms with Gasteiger partial charge in [-0.15, -0.1) is 0 Å². The minimum Gasteiger partial charge on any atom is -0.350 e. The van der Waals surface area contributed by atoms with E-state index in [2.05, 4.69) is 25.7 Å². The number of aryl methyl sites for hydroxylation is 1. The molecule has 2 heterocycles. The first-order valence-corrected chi connectivity index (χ1v) is 11.7. The van der Waals surface area contributed by atoms with E-state index in [1.54, 1.807) is 18.2 Å². The van der Waals surface area contributed by atoms with E-state index in [-0.39, 0.29) is 23.8 Å². The van der Waals surface area contributed by atoms with Crippen molar-refractivity contribution in [3.05, 3.63) is 65.5 Å². The smallest absolute Gasteiger partial charge is 0.253 e. The van der Waals surface area contributed by atoms with Crippen LogP contribution >= 0.6 is 0 Å². The molecular weight excluding hydrogens is 430 g/mol. The number of nitrogens with zero attached hydrogens (tertiary/aromatic N) is 3. The molecule has 2 amide bonds. The quantitative estimate of drug-likeness (QED) is 0.551. The van der Waals surface area contributed by atoms with Gasteiger partial charge in [0.15, 0.2) is 0 Å². The molecule has 1 aliphatic heterocycles. The molecule has 0 spiro atoms. The second-order valence-electron chi connectivity index (χ2n) is 9.06. The van der Waals surface area contributed by atoms with Gasteiger partial charge in [-0.25, -0.2) is 0 Å². The zero-order chi connectivity index (χ0) is 24.1. The molecule has 0 saturated carbocycles. The summed E-state index contributed by atoms with van der Waals surface area (Å²) in [6.45, 7) is 7.78. The van der Waals surface area contributed by atoms with Crippen LogP contribution in [0.3, 0.4) is 0 Å². The standard InChI is InChI=1S/C26H31N5O3/c1-17(2)27-26(33)21-12-6-7-13-22(21)28-25(32)19-10-8-14-31(15-19)16-23-29-24(30-34-23)20-11-5-4-9-18(20)3/h4-7,9,11-13,17,19H,8,10,14-16H2,1-3H3,(H,27,33)(H,28,32). The minimum atomic E-state index is -0.197. The van der Waals surface area contributed by atoms with Crippen LogP contribution in [0.4, 0.5) is 5.69 Å². The first-order valence-electron chi connectivity index (χ1n) is 11.7. The molecule has 1 aromatic heterocycles. The predicted molar refractivity (Wildman–Crippen MR) is 130 cm³/mol. The van der Waals surface area contributed by atoms with Gasteiger partial charge >= 0.3 is 0 Å². The summed E-state index contributed by atoms with van der Waals surface area (Å²) in [5.74, 6) is 0.650. The van der Waals surface area contributed by atoms with Crippen LogP contribution in [0, 0.1) is 12.8 Å². The maximum Gasteiger partial charge on any atom is 0.253 e. The van der Waals surface area contributed by atoms with E-state index in [4.69, 9.17) is 4.52 Å². The van der Waals surface area contributed by atoms with E-state index >= 15 is 0 Å². The van der Waals surface area contributed by atoms with Crippen molar-refractivity contribution >= 4 is 17.5 Å². The highest BCUT2D eigenvalue weighted by Gasteiger charge is 2.28. The van der Waals surface area contributed by atoms with Crippen molar-refractivity contribution in [1.82, 2.24) is 20.4 Å². The summed E-state index contributed by atoms with van der Waals surface area (Å²) in [7, 11) is 0. The summed E-state index contributed by atoms with van der Waals surface area (Å²) in [6, 6.07) is 15.0. The van der Waals surface area contributed by atoms with Crippen molar-refractivity contribution in [2.75, 3.05) is 18.4 Å². The number of benzene rings is 2. The van der Waals surface area contributed by atoms with Crippen LogP contribution in [-0.4, -0.2) is 46.0 Å². The zero-order valence-corrected chi connectivity index (χ0v) is 19.9. The maximum absolute atomic E-state index is 13.1. The van der Waals surface area contributed by atoms with Crippen molar-refractivity contribution in [3.63, 3.8) is 0 Å². The highest BCUT2D eigenvalue weighted by Crippen LogP contribution is 2.24. The molecule has 1 atom stereocenters. The molecule has 0 aliphatic carbocycles. The molecule has 8 nitrogen and oxygen atoms in total. The van der Waals surface area contributed by atoms with Crippen molar-refractivity contribution in [1.29, 1.82) is 0 Å². The largest absolute Gasteiger partial charge is 0.350 e. The van der Waals surface area contributed by atoms with Crippen LogP contribution in [0.25, 0.3) is 11.4 Å². The number of amides is 2. The number of hydrogen-bond acceptors (Lipinski definition) is 6. The number of carbonyl (C=O) groups excluding carboxylic acids is 2. The number of para-hydroxylation sites is 1. The van der Waals surface area contributed by atoms with Gasteiger partial charge in [0.2, 0.25) is 17.6 Å². The topological polar surface area (TPSA) is 100 Å². The van der Waals surface area contributed by atoms with Crippen LogP contribution in [0.5, 0.6) is 0 Å². The average Bonchev–Trinajstić information content (AvgIpc) is 3.27. The molecule has 2 aromatic carbocycles. The van der Waals surface area contributed by atoms with E-state index < -0.39 is 0 Å². The van der Waals surface area contributed by atoms with Gasteiger partial charge < -0.3 is 15.2 Å². The number of nitrogens with one attached hydrogen (secondary N) is 2. The Morgan fingerprint density at radius 1 is 1.15 bits per heavy atom. The monoisotopic (exact) mass is 461 g/mol. The number of carbonyl (C=O) groups is 2. The lowest BCUT2D eigenvalue weighted by Gasteiger charge is -2.31. The fourth-order valence-corrected chi connectivity index (χ4v) is 4.22. The lowest BCUT2D eigenvalue weighted by Crippen LogP contribution is -2.40. The number of aromatic nitrogens is 2. The molecule has 178 valence electrons. The molecule has 3 aromatic rings. The summed E-state index contributed by atoms with van der Waals surface area (Å²) in [5, 5.41) is 9.99. The Morgan fingerprint density at radius 2 is 1.91 bits per heavy atom. The van der Waals surface area contributed by atoms with E-state index in [0.29, 0.717) is 36.1 Å². The normalized spacial score (nSPS) is 16.4. The van der Waals surface area contributed by atoms with Crippen molar-refractivity contribution < 1.29 is 14.1 Å². The fourth-order valence-electron chi connectivity index (χ4n) is 4.22. The highest BCUT2D eigenvalue weighted by molar-refractivity contribution is 6.04. The van der Waals surface area contributed by atoms with Gasteiger partial charge in [0.1, 0.15) is 0 Å². The molecule has 1 unspecified atom stereocenters. The summed E-state index contributed by atoms with van der Waals surface area (Å²) in [6.07, 6.45) is 1.69.